The average Bonchev–Trinajstić information content (AvgIpc) is 3.28. The summed E-state index contributed by atoms with van der Waals surface area (Å²) in [6.45, 7) is 2.35. The average molecular weight is 386 g/mol. The molecule has 0 bridgehead atoms. The molecule has 0 atom stereocenters. The van der Waals surface area contributed by atoms with Crippen LogP contribution in [-0.2, 0) is 11.8 Å². The predicted octanol–water partition coefficient (Wildman–Crippen LogP) is 2.53. The Kier molecular flexibility index (Phi) is 5.46. The quantitative estimate of drug-likeness (QED) is 0.652. The van der Waals surface area contributed by atoms with E-state index in [9.17, 15) is 9.59 Å². The van der Waals surface area contributed by atoms with Crippen LogP contribution in [0.1, 0.15) is 16.6 Å². The van der Waals surface area contributed by atoms with E-state index in [0.717, 1.165) is 0 Å². The molecule has 9 nitrogen and oxygen atoms in total. The zero-order valence-corrected chi connectivity index (χ0v) is 15.8. The van der Waals surface area contributed by atoms with Gasteiger partial charge < -0.3 is 14.6 Å². The summed E-state index contributed by atoms with van der Waals surface area (Å²) in [4.78, 5) is 37.1. The van der Waals surface area contributed by atoms with Crippen LogP contribution >= 0.6 is 11.3 Å². The van der Waals surface area contributed by atoms with Crippen LogP contribution in [-0.4, -0.2) is 45.2 Å². The largest absolute Gasteiger partial charge is 0.465 e. The highest BCUT2D eigenvalue weighted by Gasteiger charge is 2.23. The first-order valence-corrected chi connectivity index (χ1v) is 8.93. The van der Waals surface area contributed by atoms with Crippen molar-refractivity contribution in [3.63, 3.8) is 0 Å². The van der Waals surface area contributed by atoms with Crippen LogP contribution in [0.2, 0.25) is 0 Å². The normalized spacial score (nSPS) is 10.5. The second-order valence-electron chi connectivity index (χ2n) is 5.47. The third-order valence-corrected chi connectivity index (χ3v) is 4.70. The van der Waals surface area contributed by atoms with Crippen molar-refractivity contribution in [3.8, 4) is 22.1 Å². The molecule has 0 saturated carbocycles. The highest BCUT2D eigenvalue weighted by atomic mass is 32.1. The van der Waals surface area contributed by atoms with Gasteiger partial charge in [0.25, 0.3) is 0 Å². The summed E-state index contributed by atoms with van der Waals surface area (Å²) in [6, 6.07) is 3.12. The fraction of sp³-hybridized carbons (Fsp3) is 0.235. The molecule has 0 spiro atoms. The Bertz CT molecular complexity index is 963. The van der Waals surface area contributed by atoms with Crippen molar-refractivity contribution in [2.75, 3.05) is 19.0 Å². The fourth-order valence-corrected chi connectivity index (χ4v) is 3.30. The lowest BCUT2D eigenvalue weighted by molar-refractivity contribution is 0.0606. The Morgan fingerprint density at radius 2 is 2.11 bits per heavy atom. The van der Waals surface area contributed by atoms with E-state index < -0.39 is 5.97 Å². The van der Waals surface area contributed by atoms with Gasteiger partial charge in [0.05, 0.1) is 7.11 Å². The maximum absolute atomic E-state index is 12.2. The number of anilines is 1. The van der Waals surface area contributed by atoms with Gasteiger partial charge in [0, 0.05) is 37.7 Å². The van der Waals surface area contributed by atoms with E-state index in [2.05, 4.69) is 25.6 Å². The molecule has 10 heteroatoms. The summed E-state index contributed by atoms with van der Waals surface area (Å²) in [5.41, 5.74) is 1.17. The number of nitrogens with one attached hydrogen (secondary N) is 2. The SMILES string of the molecule is CCNC(=O)Nc1ccc(-c2nc(-c3nccn3C)c(C(=O)OC)s2)cn1. The zero-order chi connectivity index (χ0) is 19.4. The number of imidazole rings is 1. The van der Waals surface area contributed by atoms with Crippen molar-refractivity contribution < 1.29 is 14.3 Å². The molecule has 3 aromatic rings. The number of methoxy groups -OCH3 is 1. The lowest BCUT2D eigenvalue weighted by Crippen LogP contribution is -2.28. The highest BCUT2D eigenvalue weighted by molar-refractivity contribution is 7.17. The van der Waals surface area contributed by atoms with Crippen LogP contribution in [0.25, 0.3) is 22.1 Å². The van der Waals surface area contributed by atoms with Gasteiger partial charge in [0.15, 0.2) is 5.82 Å². The molecule has 3 heterocycles. The first-order valence-electron chi connectivity index (χ1n) is 8.11. The number of aryl methyl sites for hydroxylation is 1. The molecule has 0 unspecified atom stereocenters. The van der Waals surface area contributed by atoms with Crippen LogP contribution in [0.5, 0.6) is 0 Å². The molecule has 0 aromatic carbocycles. The molecule has 0 fully saturated rings. The molecule has 0 saturated heterocycles. The van der Waals surface area contributed by atoms with Gasteiger partial charge in [-0.25, -0.2) is 24.5 Å². The van der Waals surface area contributed by atoms with E-state index in [0.29, 0.717) is 39.3 Å². The molecule has 0 aliphatic rings. The number of pyridine rings is 1. The molecule has 0 radical (unpaired) electrons. The number of hydrogen-bond donors (Lipinski definition) is 2. The van der Waals surface area contributed by atoms with Crippen LogP contribution in [0.4, 0.5) is 10.6 Å². The number of thiazole rings is 1. The van der Waals surface area contributed by atoms with Crippen molar-refractivity contribution in [3.05, 3.63) is 35.6 Å². The van der Waals surface area contributed by atoms with Gasteiger partial charge in [-0.05, 0) is 19.1 Å². The minimum absolute atomic E-state index is 0.322. The molecular weight excluding hydrogens is 368 g/mol. The molecule has 27 heavy (non-hydrogen) atoms. The third-order valence-electron chi connectivity index (χ3n) is 3.62. The number of nitrogens with zero attached hydrogens (tertiary/aromatic N) is 4. The summed E-state index contributed by atoms with van der Waals surface area (Å²) < 4.78 is 6.65. The molecule has 0 aliphatic carbocycles. The number of hydrogen-bond acceptors (Lipinski definition) is 7. The standard InChI is InChI=1S/C17H18N6O3S/c1-4-18-17(25)21-11-6-5-10(9-20-11)15-22-12(13(27-15)16(24)26-3)14-19-7-8-23(14)2/h5-9H,4H2,1-3H3,(H2,18,20,21,25). The number of rotatable bonds is 5. The first kappa shape index (κ1) is 18.5. The minimum Gasteiger partial charge on any atom is -0.465 e. The Morgan fingerprint density at radius 3 is 2.70 bits per heavy atom. The monoisotopic (exact) mass is 386 g/mol. The van der Waals surface area contributed by atoms with Gasteiger partial charge >= 0.3 is 12.0 Å². The number of urea groups is 1. The Hall–Kier alpha value is -3.27. The van der Waals surface area contributed by atoms with Crippen molar-refractivity contribution in [2.24, 2.45) is 7.05 Å². The molecule has 2 amide bonds. The molecule has 2 N–H and O–H groups in total. The van der Waals surface area contributed by atoms with Crippen molar-refractivity contribution in [2.45, 2.75) is 6.92 Å². The molecule has 3 rings (SSSR count). The van der Waals surface area contributed by atoms with E-state index in [-0.39, 0.29) is 6.03 Å². The van der Waals surface area contributed by atoms with E-state index >= 15 is 0 Å². The summed E-state index contributed by atoms with van der Waals surface area (Å²) in [5.74, 6) is 0.512. The topological polar surface area (TPSA) is 111 Å². The molecule has 0 aliphatic heterocycles. The van der Waals surface area contributed by atoms with Gasteiger partial charge in [-0.15, -0.1) is 11.3 Å². The van der Waals surface area contributed by atoms with Crippen molar-refractivity contribution in [1.82, 2.24) is 24.8 Å². The van der Waals surface area contributed by atoms with E-state index in [1.807, 2.05) is 14.0 Å². The highest BCUT2D eigenvalue weighted by Crippen LogP contribution is 2.33. The van der Waals surface area contributed by atoms with Crippen LogP contribution in [0, 0.1) is 0 Å². The van der Waals surface area contributed by atoms with Crippen LogP contribution in [0.15, 0.2) is 30.7 Å². The summed E-state index contributed by atoms with van der Waals surface area (Å²) >= 11 is 1.20. The van der Waals surface area contributed by atoms with E-state index in [1.54, 1.807) is 35.3 Å². The number of carbonyl (C=O) groups is 2. The van der Waals surface area contributed by atoms with Crippen molar-refractivity contribution in [1.29, 1.82) is 0 Å². The Morgan fingerprint density at radius 1 is 1.30 bits per heavy atom. The molecular formula is C17H18N6O3S. The number of aromatic nitrogens is 4. The van der Waals surface area contributed by atoms with Gasteiger partial charge in [-0.2, -0.15) is 0 Å². The fourth-order valence-electron chi connectivity index (χ4n) is 2.34. The lowest BCUT2D eigenvalue weighted by atomic mass is 10.3. The lowest BCUT2D eigenvalue weighted by Gasteiger charge is -2.05. The Labute approximate surface area is 159 Å². The van der Waals surface area contributed by atoms with Crippen LogP contribution in [0.3, 0.4) is 0 Å². The number of esters is 1. The van der Waals surface area contributed by atoms with Crippen molar-refractivity contribution >= 4 is 29.2 Å². The number of amides is 2. The van der Waals surface area contributed by atoms with E-state index in [1.165, 1.54) is 18.4 Å². The second kappa shape index (κ2) is 7.96. The number of ether oxygens (including phenoxy) is 1. The molecule has 140 valence electrons. The summed E-state index contributed by atoms with van der Waals surface area (Å²) in [5, 5.41) is 5.86. The van der Waals surface area contributed by atoms with Gasteiger partial charge in [0.1, 0.15) is 21.4 Å². The zero-order valence-electron chi connectivity index (χ0n) is 15.0. The van der Waals surface area contributed by atoms with Gasteiger partial charge in [-0.1, -0.05) is 0 Å². The smallest absolute Gasteiger partial charge is 0.350 e. The minimum atomic E-state index is -0.473. The van der Waals surface area contributed by atoms with Gasteiger partial charge in [0.2, 0.25) is 0 Å². The Balaban J connectivity index is 1.93. The third kappa shape index (κ3) is 3.95. The van der Waals surface area contributed by atoms with Crippen LogP contribution < -0.4 is 10.6 Å². The van der Waals surface area contributed by atoms with E-state index in [4.69, 9.17) is 4.74 Å². The predicted molar refractivity (Wildman–Crippen MR) is 102 cm³/mol. The maximum atomic E-state index is 12.2. The number of carbonyl (C=O) groups excluding carboxylic acids is 2. The first-order chi connectivity index (χ1) is 13.0. The summed E-state index contributed by atoms with van der Waals surface area (Å²) in [7, 11) is 3.15. The molecule has 3 aromatic heterocycles. The summed E-state index contributed by atoms with van der Waals surface area (Å²) in [6.07, 6.45) is 5.00. The van der Waals surface area contributed by atoms with Gasteiger partial charge in [-0.3, -0.25) is 5.32 Å². The maximum Gasteiger partial charge on any atom is 0.350 e. The second-order valence-corrected chi connectivity index (χ2v) is 6.47.